The number of fused-ring (bicyclic) bond motifs is 1. The number of morpholine rings is 1. The second-order valence-electron chi connectivity index (χ2n) is 8.67. The van der Waals surface area contributed by atoms with Crippen LogP contribution >= 0.6 is 0 Å². The first kappa shape index (κ1) is 19.3. The molecule has 2 atom stereocenters. The fourth-order valence-corrected chi connectivity index (χ4v) is 3.73. The van der Waals surface area contributed by atoms with E-state index in [2.05, 4.69) is 60.6 Å². The number of carbonyl (C=O) groups is 1. The minimum Gasteiger partial charge on any atom is -0.378 e. The molecule has 3 rings (SSSR count). The van der Waals surface area contributed by atoms with Gasteiger partial charge in [-0.1, -0.05) is 45.0 Å². The monoisotopic (exact) mass is 359 g/mol. The first-order chi connectivity index (χ1) is 12.4. The van der Waals surface area contributed by atoms with E-state index in [4.69, 9.17) is 4.74 Å². The van der Waals surface area contributed by atoms with Crippen molar-refractivity contribution in [2.75, 3.05) is 32.8 Å². The number of hydrogen-bond acceptors (Lipinski definition) is 4. The SMILES string of the molecule is CC(C)(C)C(CN1CCc2ccccc2C1)NC(=O)CC1COCCN1. The van der Waals surface area contributed by atoms with Gasteiger partial charge >= 0.3 is 0 Å². The molecule has 1 aromatic rings. The highest BCUT2D eigenvalue weighted by molar-refractivity contribution is 5.77. The Kier molecular flexibility index (Phi) is 6.33. The van der Waals surface area contributed by atoms with Crippen LogP contribution in [0.1, 0.15) is 38.3 Å². The summed E-state index contributed by atoms with van der Waals surface area (Å²) in [5, 5.41) is 6.66. The van der Waals surface area contributed by atoms with Gasteiger partial charge in [0.25, 0.3) is 0 Å². The number of hydrogen-bond donors (Lipinski definition) is 2. The van der Waals surface area contributed by atoms with E-state index in [0.29, 0.717) is 13.0 Å². The standard InChI is InChI=1S/C21H33N3O2/c1-21(2,3)19(23-20(25)12-18-15-26-11-9-22-18)14-24-10-8-16-6-4-5-7-17(16)13-24/h4-7,18-19,22H,8-15H2,1-3H3,(H,23,25). The number of benzene rings is 1. The van der Waals surface area contributed by atoms with Crippen molar-refractivity contribution in [2.24, 2.45) is 5.41 Å². The summed E-state index contributed by atoms with van der Waals surface area (Å²) >= 11 is 0. The Labute approximate surface area is 157 Å². The topological polar surface area (TPSA) is 53.6 Å². The van der Waals surface area contributed by atoms with E-state index < -0.39 is 0 Å². The molecule has 1 amide bonds. The number of nitrogens with one attached hydrogen (secondary N) is 2. The second-order valence-corrected chi connectivity index (χ2v) is 8.67. The lowest BCUT2D eigenvalue weighted by Crippen LogP contribution is -2.53. The number of amides is 1. The molecule has 5 heteroatoms. The Morgan fingerprint density at radius 2 is 2.12 bits per heavy atom. The molecule has 2 heterocycles. The number of ether oxygens (including phenoxy) is 1. The van der Waals surface area contributed by atoms with Gasteiger partial charge in [-0.25, -0.2) is 0 Å². The Hall–Kier alpha value is -1.43. The van der Waals surface area contributed by atoms with Crippen LogP contribution in [0, 0.1) is 5.41 Å². The van der Waals surface area contributed by atoms with E-state index in [1.807, 2.05) is 0 Å². The zero-order valence-corrected chi connectivity index (χ0v) is 16.4. The third kappa shape index (κ3) is 5.29. The quantitative estimate of drug-likeness (QED) is 0.844. The van der Waals surface area contributed by atoms with Gasteiger partial charge in [0.2, 0.25) is 5.91 Å². The molecule has 2 aliphatic rings. The first-order valence-corrected chi connectivity index (χ1v) is 9.81. The molecule has 1 aromatic carbocycles. The minimum atomic E-state index is 0.0170. The summed E-state index contributed by atoms with van der Waals surface area (Å²) in [4.78, 5) is 15.1. The Balaban J connectivity index is 1.57. The van der Waals surface area contributed by atoms with Gasteiger partial charge in [-0.2, -0.15) is 0 Å². The number of rotatable bonds is 5. The zero-order valence-electron chi connectivity index (χ0n) is 16.4. The van der Waals surface area contributed by atoms with Crippen LogP contribution in [-0.2, 0) is 22.5 Å². The van der Waals surface area contributed by atoms with Crippen LogP contribution in [0.5, 0.6) is 0 Å². The summed E-state index contributed by atoms with van der Waals surface area (Å²) in [7, 11) is 0. The van der Waals surface area contributed by atoms with Crippen molar-refractivity contribution in [2.45, 2.75) is 52.2 Å². The van der Waals surface area contributed by atoms with Crippen molar-refractivity contribution in [3.05, 3.63) is 35.4 Å². The van der Waals surface area contributed by atoms with Crippen LogP contribution in [0.4, 0.5) is 0 Å². The molecule has 144 valence electrons. The van der Waals surface area contributed by atoms with Gasteiger partial charge in [-0.15, -0.1) is 0 Å². The normalized spacial score (nSPS) is 22.5. The Morgan fingerprint density at radius 3 is 2.81 bits per heavy atom. The summed E-state index contributed by atoms with van der Waals surface area (Å²) in [6.45, 7) is 11.7. The van der Waals surface area contributed by atoms with Crippen LogP contribution in [0.15, 0.2) is 24.3 Å². The van der Waals surface area contributed by atoms with E-state index in [1.54, 1.807) is 0 Å². The maximum absolute atomic E-state index is 12.6. The van der Waals surface area contributed by atoms with Crippen molar-refractivity contribution < 1.29 is 9.53 Å². The van der Waals surface area contributed by atoms with Crippen molar-refractivity contribution in [1.29, 1.82) is 0 Å². The lowest BCUT2D eigenvalue weighted by atomic mass is 9.85. The summed E-state index contributed by atoms with van der Waals surface area (Å²) in [5.74, 6) is 0.116. The van der Waals surface area contributed by atoms with Gasteiger partial charge in [0.05, 0.1) is 13.2 Å². The lowest BCUT2D eigenvalue weighted by Gasteiger charge is -2.38. The predicted octanol–water partition coefficient (Wildman–Crippen LogP) is 1.95. The van der Waals surface area contributed by atoms with E-state index in [-0.39, 0.29) is 23.4 Å². The Bertz CT molecular complexity index is 606. The second kappa shape index (κ2) is 8.51. The van der Waals surface area contributed by atoms with Gasteiger partial charge < -0.3 is 15.4 Å². The zero-order chi connectivity index (χ0) is 18.6. The molecule has 1 saturated heterocycles. The molecule has 0 radical (unpaired) electrons. The van der Waals surface area contributed by atoms with Crippen molar-refractivity contribution >= 4 is 5.91 Å². The highest BCUT2D eigenvalue weighted by Gasteiger charge is 2.30. The molecular formula is C21H33N3O2. The molecule has 2 unspecified atom stereocenters. The third-order valence-electron chi connectivity index (χ3n) is 5.46. The fourth-order valence-electron chi connectivity index (χ4n) is 3.73. The first-order valence-electron chi connectivity index (χ1n) is 9.81. The summed E-state index contributed by atoms with van der Waals surface area (Å²) < 4.78 is 5.46. The maximum atomic E-state index is 12.6. The molecule has 0 aromatic heterocycles. The van der Waals surface area contributed by atoms with E-state index in [1.165, 1.54) is 11.1 Å². The molecule has 0 saturated carbocycles. The Morgan fingerprint density at radius 1 is 1.35 bits per heavy atom. The molecule has 1 fully saturated rings. The van der Waals surface area contributed by atoms with Gasteiger partial charge in [0.1, 0.15) is 0 Å². The lowest BCUT2D eigenvalue weighted by molar-refractivity contribution is -0.124. The number of carbonyl (C=O) groups excluding carboxylic acids is 1. The molecule has 2 aliphatic heterocycles. The molecule has 0 spiro atoms. The fraction of sp³-hybridized carbons (Fsp3) is 0.667. The molecule has 26 heavy (non-hydrogen) atoms. The average Bonchev–Trinajstić information content (AvgIpc) is 2.61. The van der Waals surface area contributed by atoms with Gasteiger partial charge in [0.15, 0.2) is 0 Å². The van der Waals surface area contributed by atoms with Crippen LogP contribution in [0.3, 0.4) is 0 Å². The molecule has 0 aliphatic carbocycles. The van der Waals surface area contributed by atoms with Crippen LogP contribution < -0.4 is 10.6 Å². The molecule has 5 nitrogen and oxygen atoms in total. The summed E-state index contributed by atoms with van der Waals surface area (Å²) in [6.07, 6.45) is 1.57. The van der Waals surface area contributed by atoms with Gasteiger partial charge in [-0.3, -0.25) is 9.69 Å². The molecular weight excluding hydrogens is 326 g/mol. The highest BCUT2D eigenvalue weighted by atomic mass is 16.5. The third-order valence-corrected chi connectivity index (χ3v) is 5.46. The van der Waals surface area contributed by atoms with Crippen LogP contribution in [0.2, 0.25) is 0 Å². The van der Waals surface area contributed by atoms with E-state index in [0.717, 1.165) is 39.2 Å². The van der Waals surface area contributed by atoms with Gasteiger partial charge in [-0.05, 0) is 23.0 Å². The van der Waals surface area contributed by atoms with E-state index in [9.17, 15) is 4.79 Å². The van der Waals surface area contributed by atoms with Crippen molar-refractivity contribution in [1.82, 2.24) is 15.5 Å². The predicted molar refractivity (Wildman–Crippen MR) is 104 cm³/mol. The van der Waals surface area contributed by atoms with E-state index >= 15 is 0 Å². The summed E-state index contributed by atoms with van der Waals surface area (Å²) in [5.41, 5.74) is 2.90. The highest BCUT2D eigenvalue weighted by Crippen LogP contribution is 2.24. The van der Waals surface area contributed by atoms with Crippen molar-refractivity contribution in [3.8, 4) is 0 Å². The summed E-state index contributed by atoms with van der Waals surface area (Å²) in [6, 6.07) is 8.95. The minimum absolute atomic E-state index is 0.0170. The smallest absolute Gasteiger partial charge is 0.221 e. The largest absolute Gasteiger partial charge is 0.378 e. The maximum Gasteiger partial charge on any atom is 0.221 e. The van der Waals surface area contributed by atoms with Gasteiger partial charge in [0, 0.05) is 44.7 Å². The molecule has 0 bridgehead atoms. The molecule has 2 N–H and O–H groups in total. The number of nitrogens with zero attached hydrogens (tertiary/aromatic N) is 1. The van der Waals surface area contributed by atoms with Crippen LogP contribution in [-0.4, -0.2) is 55.7 Å². The average molecular weight is 360 g/mol. The van der Waals surface area contributed by atoms with Crippen molar-refractivity contribution in [3.63, 3.8) is 0 Å². The van der Waals surface area contributed by atoms with Crippen LogP contribution in [0.25, 0.3) is 0 Å².